The zero-order chi connectivity index (χ0) is 12.4. The van der Waals surface area contributed by atoms with E-state index in [1.807, 2.05) is 6.92 Å². The third-order valence-electron chi connectivity index (χ3n) is 2.64. The van der Waals surface area contributed by atoms with Crippen molar-refractivity contribution >= 4 is 22.5 Å². The van der Waals surface area contributed by atoms with Gasteiger partial charge in [-0.15, -0.1) is 11.6 Å². The van der Waals surface area contributed by atoms with Crippen LogP contribution in [0.25, 0.3) is 10.9 Å². The third-order valence-corrected chi connectivity index (χ3v) is 2.86. The molecule has 90 valence electrons. The van der Waals surface area contributed by atoms with Gasteiger partial charge in [-0.1, -0.05) is 12.1 Å². The molecule has 1 aromatic heterocycles. The van der Waals surface area contributed by atoms with Gasteiger partial charge in [0.1, 0.15) is 0 Å². The number of para-hydroxylation sites is 1. The Morgan fingerprint density at radius 2 is 2.06 bits per heavy atom. The average molecular weight is 253 g/mol. The van der Waals surface area contributed by atoms with Gasteiger partial charge in [-0.2, -0.15) is 0 Å². The summed E-state index contributed by atoms with van der Waals surface area (Å²) in [5.41, 5.74) is -0.0784. The Bertz CT molecular complexity index is 643. The van der Waals surface area contributed by atoms with E-state index in [0.29, 0.717) is 23.9 Å². The second-order valence-corrected chi connectivity index (χ2v) is 4.75. The van der Waals surface area contributed by atoms with Gasteiger partial charge in [0.15, 0.2) is 0 Å². The number of halogens is 1. The highest BCUT2D eigenvalue weighted by Gasteiger charge is 2.07. The molecule has 0 saturated carbocycles. The van der Waals surface area contributed by atoms with Gasteiger partial charge in [0.05, 0.1) is 10.9 Å². The lowest BCUT2D eigenvalue weighted by Crippen LogP contribution is -2.35. The molecule has 0 radical (unpaired) electrons. The van der Waals surface area contributed by atoms with Gasteiger partial charge in [-0.05, 0) is 25.5 Å². The van der Waals surface area contributed by atoms with Crippen LogP contribution in [0.3, 0.4) is 0 Å². The van der Waals surface area contributed by atoms with Crippen LogP contribution < -0.4 is 11.2 Å². The Morgan fingerprint density at radius 3 is 2.76 bits per heavy atom. The normalized spacial score (nSPS) is 12.8. The predicted molar refractivity (Wildman–Crippen MR) is 68.8 cm³/mol. The van der Waals surface area contributed by atoms with E-state index in [4.69, 9.17) is 11.6 Å². The van der Waals surface area contributed by atoms with Crippen molar-refractivity contribution in [2.45, 2.75) is 25.3 Å². The molecule has 0 amide bonds. The zero-order valence-electron chi connectivity index (χ0n) is 9.44. The van der Waals surface area contributed by atoms with Gasteiger partial charge in [0, 0.05) is 11.9 Å². The highest BCUT2D eigenvalue weighted by atomic mass is 35.5. The second kappa shape index (κ2) is 4.75. The summed E-state index contributed by atoms with van der Waals surface area (Å²) in [7, 11) is 0. The highest BCUT2D eigenvalue weighted by Crippen LogP contribution is 2.04. The van der Waals surface area contributed by atoms with E-state index in [9.17, 15) is 9.59 Å². The molecule has 17 heavy (non-hydrogen) atoms. The van der Waals surface area contributed by atoms with Crippen LogP contribution >= 0.6 is 11.6 Å². The molecular formula is C12H13ClN2O2. The second-order valence-electron chi connectivity index (χ2n) is 4.00. The summed E-state index contributed by atoms with van der Waals surface area (Å²) in [6, 6.07) is 6.97. The fourth-order valence-corrected chi connectivity index (χ4v) is 1.81. The number of nitrogens with one attached hydrogen (secondary N) is 1. The molecule has 0 aliphatic rings. The summed E-state index contributed by atoms with van der Waals surface area (Å²) in [6.45, 7) is 2.17. The fraction of sp³-hybridized carbons (Fsp3) is 0.333. The number of alkyl halides is 1. The molecule has 1 unspecified atom stereocenters. The van der Waals surface area contributed by atoms with Crippen molar-refractivity contribution in [1.82, 2.24) is 9.55 Å². The summed E-state index contributed by atoms with van der Waals surface area (Å²) < 4.78 is 1.20. The molecule has 0 fully saturated rings. The maximum Gasteiger partial charge on any atom is 0.328 e. The van der Waals surface area contributed by atoms with E-state index in [-0.39, 0.29) is 16.6 Å². The number of hydrogen-bond acceptors (Lipinski definition) is 2. The van der Waals surface area contributed by atoms with Gasteiger partial charge in [0.2, 0.25) is 0 Å². The Hall–Kier alpha value is -1.55. The summed E-state index contributed by atoms with van der Waals surface area (Å²) in [5, 5.41) is 0.460. The van der Waals surface area contributed by atoms with E-state index >= 15 is 0 Å². The van der Waals surface area contributed by atoms with Gasteiger partial charge < -0.3 is 4.98 Å². The van der Waals surface area contributed by atoms with Crippen LogP contribution in [0, 0.1) is 0 Å². The number of nitrogens with zero attached hydrogens (tertiary/aromatic N) is 1. The maximum absolute atomic E-state index is 12.1. The van der Waals surface area contributed by atoms with Crippen LogP contribution in [0.1, 0.15) is 13.3 Å². The Labute approximate surface area is 103 Å². The molecule has 1 aromatic carbocycles. The molecule has 0 bridgehead atoms. The molecule has 0 spiro atoms. The Morgan fingerprint density at radius 1 is 1.35 bits per heavy atom. The molecule has 4 nitrogen and oxygen atoms in total. The molecule has 5 heteroatoms. The SMILES string of the molecule is CC(Cl)CCn1c(=O)[nH]c2ccccc2c1=O. The number of aromatic amines is 1. The van der Waals surface area contributed by atoms with E-state index < -0.39 is 0 Å². The minimum Gasteiger partial charge on any atom is -0.307 e. The van der Waals surface area contributed by atoms with Gasteiger partial charge in [-0.3, -0.25) is 9.36 Å². The average Bonchev–Trinajstić information content (AvgIpc) is 2.28. The van der Waals surface area contributed by atoms with Gasteiger partial charge in [0.25, 0.3) is 5.56 Å². The quantitative estimate of drug-likeness (QED) is 0.846. The van der Waals surface area contributed by atoms with Crippen molar-refractivity contribution < 1.29 is 0 Å². The lowest BCUT2D eigenvalue weighted by Gasteiger charge is -2.07. The molecule has 1 atom stereocenters. The number of rotatable bonds is 3. The first-order valence-electron chi connectivity index (χ1n) is 5.45. The summed E-state index contributed by atoms with van der Waals surface area (Å²) >= 11 is 5.82. The number of fused-ring (bicyclic) bond motifs is 1. The number of aromatic nitrogens is 2. The lowest BCUT2D eigenvalue weighted by molar-refractivity contribution is 0.593. The Balaban J connectivity index is 2.56. The fourth-order valence-electron chi connectivity index (χ4n) is 1.71. The van der Waals surface area contributed by atoms with E-state index in [0.717, 1.165) is 0 Å². The maximum atomic E-state index is 12.1. The molecular weight excluding hydrogens is 240 g/mol. The van der Waals surface area contributed by atoms with E-state index in [1.54, 1.807) is 24.3 Å². The van der Waals surface area contributed by atoms with Crippen LogP contribution in [0.5, 0.6) is 0 Å². The molecule has 0 aliphatic heterocycles. The van der Waals surface area contributed by atoms with Crippen LogP contribution in [-0.2, 0) is 6.54 Å². The van der Waals surface area contributed by atoms with Crippen molar-refractivity contribution in [3.63, 3.8) is 0 Å². The minimum atomic E-state index is -0.383. The first-order chi connectivity index (χ1) is 8.09. The van der Waals surface area contributed by atoms with Gasteiger partial charge >= 0.3 is 5.69 Å². The standard InChI is InChI=1S/C12H13ClN2O2/c1-8(13)6-7-15-11(16)9-4-2-3-5-10(9)14-12(15)17/h2-5,8H,6-7H2,1H3,(H,14,17). The third kappa shape index (κ3) is 2.42. The van der Waals surface area contributed by atoms with Crippen LogP contribution in [0.4, 0.5) is 0 Å². The molecule has 2 rings (SSSR count). The number of benzene rings is 1. The summed E-state index contributed by atoms with van der Waals surface area (Å²) in [5.74, 6) is 0. The van der Waals surface area contributed by atoms with Crippen LogP contribution in [0.15, 0.2) is 33.9 Å². The van der Waals surface area contributed by atoms with Crippen molar-refractivity contribution in [3.05, 3.63) is 45.1 Å². The first-order valence-corrected chi connectivity index (χ1v) is 5.89. The van der Waals surface area contributed by atoms with Crippen molar-refractivity contribution in [2.24, 2.45) is 0 Å². The number of hydrogen-bond donors (Lipinski definition) is 1. The molecule has 2 aromatic rings. The van der Waals surface area contributed by atoms with Crippen LogP contribution in [-0.4, -0.2) is 14.9 Å². The molecule has 0 saturated heterocycles. The summed E-state index contributed by atoms with van der Waals surface area (Å²) in [6.07, 6.45) is 0.586. The first kappa shape index (κ1) is 11.9. The molecule has 1 heterocycles. The number of H-pyrrole nitrogens is 1. The molecule has 0 aliphatic carbocycles. The topological polar surface area (TPSA) is 54.9 Å². The Kier molecular flexibility index (Phi) is 3.33. The van der Waals surface area contributed by atoms with E-state index in [2.05, 4.69) is 4.98 Å². The lowest BCUT2D eigenvalue weighted by atomic mass is 10.2. The molecule has 1 N–H and O–H groups in total. The minimum absolute atomic E-state index is 0.0622. The largest absolute Gasteiger partial charge is 0.328 e. The predicted octanol–water partition coefficient (Wildman–Crippen LogP) is 1.71. The smallest absolute Gasteiger partial charge is 0.307 e. The van der Waals surface area contributed by atoms with E-state index in [1.165, 1.54) is 4.57 Å². The van der Waals surface area contributed by atoms with Crippen molar-refractivity contribution in [3.8, 4) is 0 Å². The monoisotopic (exact) mass is 252 g/mol. The van der Waals surface area contributed by atoms with Crippen molar-refractivity contribution in [1.29, 1.82) is 0 Å². The van der Waals surface area contributed by atoms with Crippen LogP contribution in [0.2, 0.25) is 0 Å². The zero-order valence-corrected chi connectivity index (χ0v) is 10.2. The summed E-state index contributed by atoms with van der Waals surface area (Å²) in [4.78, 5) is 26.5. The van der Waals surface area contributed by atoms with Gasteiger partial charge in [-0.25, -0.2) is 4.79 Å². The highest BCUT2D eigenvalue weighted by molar-refractivity contribution is 6.20. The van der Waals surface area contributed by atoms with Crippen molar-refractivity contribution in [2.75, 3.05) is 0 Å².